The van der Waals surface area contributed by atoms with Gasteiger partial charge in [-0.3, -0.25) is 4.79 Å². The number of para-hydroxylation sites is 1. The lowest BCUT2D eigenvalue weighted by Gasteiger charge is -2.33. The van der Waals surface area contributed by atoms with Crippen LogP contribution in [0.3, 0.4) is 0 Å². The molecule has 1 atom stereocenters. The average Bonchev–Trinajstić information content (AvgIpc) is 3.14. The number of hydrogen-bond donors (Lipinski definition) is 0. The van der Waals surface area contributed by atoms with Crippen molar-refractivity contribution in [3.05, 3.63) is 64.9 Å². The van der Waals surface area contributed by atoms with Crippen LogP contribution in [0.5, 0.6) is 0 Å². The number of nitrogens with zero attached hydrogens (tertiary/aromatic N) is 2. The molecule has 0 saturated carbocycles. The van der Waals surface area contributed by atoms with Gasteiger partial charge in [0.2, 0.25) is 5.91 Å². The van der Waals surface area contributed by atoms with Crippen LogP contribution in [0.2, 0.25) is 0 Å². The van der Waals surface area contributed by atoms with Crippen molar-refractivity contribution < 1.29 is 13.9 Å². The fraction of sp³-hybridized carbons (Fsp3) is 0.364. The lowest BCUT2D eigenvalue weighted by atomic mass is 10.1. The van der Waals surface area contributed by atoms with E-state index in [1.54, 1.807) is 23.5 Å². The van der Waals surface area contributed by atoms with Gasteiger partial charge in [0, 0.05) is 13.0 Å². The van der Waals surface area contributed by atoms with Gasteiger partial charge in [-0.15, -0.1) is 11.3 Å². The Labute approximate surface area is 168 Å². The number of fused-ring (bicyclic) bond motifs is 1. The molecule has 1 aromatic heterocycles. The van der Waals surface area contributed by atoms with Crippen LogP contribution in [0.4, 0.5) is 4.39 Å². The Balaban J connectivity index is 1.24. The summed E-state index contributed by atoms with van der Waals surface area (Å²) in [5.74, 6) is -0.0969. The fourth-order valence-corrected chi connectivity index (χ4v) is 4.50. The first-order chi connectivity index (χ1) is 13.7. The van der Waals surface area contributed by atoms with Gasteiger partial charge >= 0.3 is 0 Å². The number of carbonyl (C=O) groups excluding carboxylic acids is 1. The van der Waals surface area contributed by atoms with Crippen molar-refractivity contribution in [1.29, 1.82) is 0 Å². The third-order valence-electron chi connectivity index (χ3n) is 5.03. The molecule has 1 amide bonds. The van der Waals surface area contributed by atoms with E-state index in [9.17, 15) is 9.18 Å². The number of thiazole rings is 1. The summed E-state index contributed by atoms with van der Waals surface area (Å²) in [4.78, 5) is 19.1. The summed E-state index contributed by atoms with van der Waals surface area (Å²) in [5, 5.41) is 1.14. The van der Waals surface area contributed by atoms with Crippen molar-refractivity contribution in [2.24, 2.45) is 0 Å². The van der Waals surface area contributed by atoms with E-state index in [0.717, 1.165) is 35.4 Å². The number of hydrogen-bond acceptors (Lipinski definition) is 4. The Morgan fingerprint density at radius 2 is 2.00 bits per heavy atom. The third-order valence-corrected chi connectivity index (χ3v) is 6.13. The van der Waals surface area contributed by atoms with E-state index in [-0.39, 0.29) is 17.8 Å². The molecule has 6 heteroatoms. The molecule has 1 saturated heterocycles. The molecule has 0 spiro atoms. The molecule has 2 heterocycles. The molecule has 4 rings (SSSR count). The minimum absolute atomic E-state index is 0.166. The molecule has 1 fully saturated rings. The second-order valence-electron chi connectivity index (χ2n) is 7.03. The SMILES string of the molecule is O=C(CCCCc1nc2ccccc2s1)N1CCOC(c2ccc(F)cc2)C1. The zero-order chi connectivity index (χ0) is 19.3. The number of benzene rings is 2. The zero-order valence-corrected chi connectivity index (χ0v) is 16.5. The van der Waals surface area contributed by atoms with Crippen molar-refractivity contribution in [1.82, 2.24) is 9.88 Å². The van der Waals surface area contributed by atoms with Crippen LogP contribution < -0.4 is 0 Å². The van der Waals surface area contributed by atoms with E-state index in [1.165, 1.54) is 16.8 Å². The molecule has 3 aromatic rings. The van der Waals surface area contributed by atoms with Gasteiger partial charge in [0.1, 0.15) is 11.9 Å². The van der Waals surface area contributed by atoms with E-state index in [2.05, 4.69) is 11.1 Å². The largest absolute Gasteiger partial charge is 0.370 e. The Hall–Kier alpha value is -2.31. The van der Waals surface area contributed by atoms with Crippen molar-refractivity contribution in [3.8, 4) is 0 Å². The van der Waals surface area contributed by atoms with Gasteiger partial charge in [-0.1, -0.05) is 24.3 Å². The second kappa shape index (κ2) is 8.80. The lowest BCUT2D eigenvalue weighted by molar-refractivity contribution is -0.139. The van der Waals surface area contributed by atoms with Crippen LogP contribution in [0.1, 0.15) is 35.9 Å². The van der Waals surface area contributed by atoms with Crippen LogP contribution in [-0.4, -0.2) is 35.5 Å². The predicted octanol–water partition coefficient (Wildman–Crippen LogP) is 4.75. The average molecular weight is 399 g/mol. The van der Waals surface area contributed by atoms with Crippen molar-refractivity contribution in [2.75, 3.05) is 19.7 Å². The van der Waals surface area contributed by atoms with E-state index >= 15 is 0 Å². The maximum Gasteiger partial charge on any atom is 0.222 e. The molecular formula is C22H23FN2O2S. The molecule has 0 aliphatic carbocycles. The Kier molecular flexibility index (Phi) is 5.98. The Morgan fingerprint density at radius 3 is 2.82 bits per heavy atom. The van der Waals surface area contributed by atoms with E-state index < -0.39 is 0 Å². The summed E-state index contributed by atoms with van der Waals surface area (Å²) in [6.07, 6.45) is 3.08. The quantitative estimate of drug-likeness (QED) is 0.563. The standard InChI is InChI=1S/C22H23FN2O2S/c23-17-11-9-16(10-12-17)19-15-25(13-14-27-19)22(26)8-4-3-7-21-24-18-5-1-2-6-20(18)28-21/h1-2,5-6,9-12,19H,3-4,7-8,13-15H2. The first-order valence-corrected chi connectivity index (χ1v) is 10.5. The van der Waals surface area contributed by atoms with Crippen LogP contribution in [0.15, 0.2) is 48.5 Å². The molecule has 4 nitrogen and oxygen atoms in total. The number of amides is 1. The lowest BCUT2D eigenvalue weighted by Crippen LogP contribution is -2.42. The highest BCUT2D eigenvalue weighted by Gasteiger charge is 2.25. The number of morpholine rings is 1. The number of unbranched alkanes of at least 4 members (excludes halogenated alkanes) is 1. The highest BCUT2D eigenvalue weighted by atomic mass is 32.1. The van der Waals surface area contributed by atoms with Crippen molar-refractivity contribution in [2.45, 2.75) is 31.8 Å². The maximum atomic E-state index is 13.1. The summed E-state index contributed by atoms with van der Waals surface area (Å²) >= 11 is 1.73. The summed E-state index contributed by atoms with van der Waals surface area (Å²) in [6.45, 7) is 1.66. The van der Waals surface area contributed by atoms with E-state index in [0.29, 0.717) is 26.1 Å². The normalized spacial score (nSPS) is 17.2. The second-order valence-corrected chi connectivity index (χ2v) is 8.15. The summed E-state index contributed by atoms with van der Waals surface area (Å²) in [6, 6.07) is 14.5. The van der Waals surface area contributed by atoms with Crippen LogP contribution in [0.25, 0.3) is 10.2 Å². The number of carbonyl (C=O) groups is 1. The minimum atomic E-state index is -0.263. The number of aromatic nitrogens is 1. The molecule has 1 aliphatic heterocycles. The van der Waals surface area contributed by atoms with Crippen LogP contribution in [-0.2, 0) is 16.0 Å². The van der Waals surface area contributed by atoms with E-state index in [4.69, 9.17) is 4.74 Å². The van der Waals surface area contributed by atoms with Crippen LogP contribution in [0, 0.1) is 5.82 Å². The van der Waals surface area contributed by atoms with Gasteiger partial charge in [-0.05, 0) is 49.1 Å². The molecule has 28 heavy (non-hydrogen) atoms. The monoisotopic (exact) mass is 398 g/mol. The molecular weight excluding hydrogens is 375 g/mol. The highest BCUT2D eigenvalue weighted by Crippen LogP contribution is 2.24. The number of aryl methyl sites for hydroxylation is 1. The van der Waals surface area contributed by atoms with Gasteiger partial charge in [0.25, 0.3) is 0 Å². The number of ether oxygens (including phenoxy) is 1. The van der Waals surface area contributed by atoms with Crippen LogP contribution >= 0.6 is 11.3 Å². The summed E-state index contributed by atoms with van der Waals surface area (Å²) < 4.78 is 20.1. The zero-order valence-electron chi connectivity index (χ0n) is 15.6. The van der Waals surface area contributed by atoms with Gasteiger partial charge in [-0.25, -0.2) is 9.37 Å². The van der Waals surface area contributed by atoms with E-state index in [1.807, 2.05) is 23.1 Å². The molecule has 1 unspecified atom stereocenters. The number of rotatable bonds is 6. The molecule has 146 valence electrons. The predicted molar refractivity (Wildman–Crippen MR) is 109 cm³/mol. The molecule has 1 aliphatic rings. The summed E-state index contributed by atoms with van der Waals surface area (Å²) in [5.41, 5.74) is 1.97. The Morgan fingerprint density at radius 1 is 1.18 bits per heavy atom. The summed E-state index contributed by atoms with van der Waals surface area (Å²) in [7, 11) is 0. The maximum absolute atomic E-state index is 13.1. The van der Waals surface area contributed by atoms with Crippen molar-refractivity contribution >= 4 is 27.5 Å². The first kappa shape index (κ1) is 19.0. The number of halogens is 1. The fourth-order valence-electron chi connectivity index (χ4n) is 3.49. The highest BCUT2D eigenvalue weighted by molar-refractivity contribution is 7.18. The van der Waals surface area contributed by atoms with Gasteiger partial charge in [0.15, 0.2) is 0 Å². The van der Waals surface area contributed by atoms with Gasteiger partial charge in [-0.2, -0.15) is 0 Å². The first-order valence-electron chi connectivity index (χ1n) is 9.68. The Bertz CT molecular complexity index is 908. The third kappa shape index (κ3) is 4.56. The van der Waals surface area contributed by atoms with Gasteiger partial charge < -0.3 is 9.64 Å². The minimum Gasteiger partial charge on any atom is -0.370 e. The topological polar surface area (TPSA) is 42.4 Å². The molecule has 2 aromatic carbocycles. The smallest absolute Gasteiger partial charge is 0.222 e. The van der Waals surface area contributed by atoms with Crippen molar-refractivity contribution in [3.63, 3.8) is 0 Å². The van der Waals surface area contributed by atoms with Gasteiger partial charge in [0.05, 0.1) is 28.4 Å². The molecule has 0 radical (unpaired) electrons. The molecule has 0 N–H and O–H groups in total. The molecule has 0 bridgehead atoms.